The van der Waals surface area contributed by atoms with Crippen molar-refractivity contribution in [3.8, 4) is 5.75 Å². The van der Waals surface area contributed by atoms with Crippen LogP contribution in [0.5, 0.6) is 5.75 Å². The van der Waals surface area contributed by atoms with E-state index in [-0.39, 0.29) is 0 Å². The SMILES string of the molecule is CCC(CC)NCc1cc(C)ccc1OC. The van der Waals surface area contributed by atoms with Gasteiger partial charge in [0.05, 0.1) is 7.11 Å². The molecule has 0 bridgehead atoms. The summed E-state index contributed by atoms with van der Waals surface area (Å²) in [4.78, 5) is 0. The largest absolute Gasteiger partial charge is 0.496 e. The van der Waals surface area contributed by atoms with Crippen molar-refractivity contribution < 1.29 is 4.74 Å². The van der Waals surface area contributed by atoms with Gasteiger partial charge in [0.1, 0.15) is 5.75 Å². The van der Waals surface area contributed by atoms with Crippen LogP contribution in [0.1, 0.15) is 37.8 Å². The van der Waals surface area contributed by atoms with Gasteiger partial charge in [-0.2, -0.15) is 0 Å². The summed E-state index contributed by atoms with van der Waals surface area (Å²) in [6.07, 6.45) is 2.34. The number of hydrogen-bond donors (Lipinski definition) is 1. The molecule has 1 aromatic rings. The van der Waals surface area contributed by atoms with Gasteiger partial charge in [0.15, 0.2) is 0 Å². The van der Waals surface area contributed by atoms with Gasteiger partial charge in [-0.25, -0.2) is 0 Å². The summed E-state index contributed by atoms with van der Waals surface area (Å²) in [5.74, 6) is 0.976. The molecule has 0 aromatic heterocycles. The van der Waals surface area contributed by atoms with Crippen LogP contribution in [0, 0.1) is 6.92 Å². The van der Waals surface area contributed by atoms with E-state index in [1.807, 2.05) is 6.07 Å². The molecule has 1 N–H and O–H groups in total. The van der Waals surface area contributed by atoms with E-state index in [0.29, 0.717) is 6.04 Å². The summed E-state index contributed by atoms with van der Waals surface area (Å²) >= 11 is 0. The van der Waals surface area contributed by atoms with Crippen molar-refractivity contribution in [3.63, 3.8) is 0 Å². The monoisotopic (exact) mass is 221 g/mol. The van der Waals surface area contributed by atoms with Crippen molar-refractivity contribution in [2.75, 3.05) is 7.11 Å². The molecular formula is C14H23NO. The molecule has 0 atom stereocenters. The van der Waals surface area contributed by atoms with Crippen LogP contribution in [-0.2, 0) is 6.54 Å². The molecule has 0 saturated heterocycles. The maximum atomic E-state index is 5.36. The van der Waals surface area contributed by atoms with Gasteiger partial charge >= 0.3 is 0 Å². The molecule has 0 fully saturated rings. The van der Waals surface area contributed by atoms with Gasteiger partial charge in [-0.15, -0.1) is 0 Å². The molecule has 16 heavy (non-hydrogen) atoms. The Kier molecular flexibility index (Phi) is 5.33. The lowest BCUT2D eigenvalue weighted by Gasteiger charge is -2.16. The third-order valence-electron chi connectivity index (χ3n) is 3.00. The van der Waals surface area contributed by atoms with Crippen molar-refractivity contribution in [3.05, 3.63) is 29.3 Å². The average Bonchev–Trinajstić information content (AvgIpc) is 2.30. The van der Waals surface area contributed by atoms with Crippen molar-refractivity contribution in [1.82, 2.24) is 5.32 Å². The lowest BCUT2D eigenvalue weighted by molar-refractivity contribution is 0.403. The van der Waals surface area contributed by atoms with Crippen LogP contribution in [0.15, 0.2) is 18.2 Å². The Morgan fingerprint density at radius 2 is 1.94 bits per heavy atom. The van der Waals surface area contributed by atoms with E-state index in [9.17, 15) is 0 Å². The standard InChI is InChI=1S/C14H23NO/c1-5-13(6-2)15-10-12-9-11(3)7-8-14(12)16-4/h7-9,13,15H,5-6,10H2,1-4H3. The molecule has 90 valence electrons. The highest BCUT2D eigenvalue weighted by Gasteiger charge is 2.06. The summed E-state index contributed by atoms with van der Waals surface area (Å²) in [6, 6.07) is 6.91. The van der Waals surface area contributed by atoms with E-state index in [4.69, 9.17) is 4.74 Å². The second-order valence-electron chi connectivity index (χ2n) is 4.21. The van der Waals surface area contributed by atoms with Crippen LogP contribution in [0.4, 0.5) is 0 Å². The summed E-state index contributed by atoms with van der Waals surface area (Å²) in [6.45, 7) is 7.43. The topological polar surface area (TPSA) is 21.3 Å². The molecule has 0 heterocycles. The molecular weight excluding hydrogens is 198 g/mol. The van der Waals surface area contributed by atoms with Crippen LogP contribution < -0.4 is 10.1 Å². The highest BCUT2D eigenvalue weighted by atomic mass is 16.5. The average molecular weight is 221 g/mol. The summed E-state index contributed by atoms with van der Waals surface area (Å²) in [7, 11) is 1.73. The second kappa shape index (κ2) is 6.54. The smallest absolute Gasteiger partial charge is 0.123 e. The van der Waals surface area contributed by atoms with Crippen LogP contribution >= 0.6 is 0 Å². The zero-order valence-corrected chi connectivity index (χ0v) is 10.8. The first-order chi connectivity index (χ1) is 7.71. The van der Waals surface area contributed by atoms with Crippen LogP contribution in [0.25, 0.3) is 0 Å². The van der Waals surface area contributed by atoms with Gasteiger partial charge in [0.25, 0.3) is 0 Å². The zero-order chi connectivity index (χ0) is 12.0. The fourth-order valence-electron chi connectivity index (χ4n) is 1.88. The third-order valence-corrected chi connectivity index (χ3v) is 3.00. The molecule has 0 aliphatic carbocycles. The summed E-state index contributed by atoms with van der Waals surface area (Å²) < 4.78 is 5.36. The Hall–Kier alpha value is -1.02. The van der Waals surface area contributed by atoms with Crippen molar-refractivity contribution in [2.24, 2.45) is 0 Å². The van der Waals surface area contributed by atoms with Crippen molar-refractivity contribution in [1.29, 1.82) is 0 Å². The molecule has 0 saturated carbocycles. The Bertz CT molecular complexity index is 319. The predicted molar refractivity (Wildman–Crippen MR) is 68.9 cm³/mol. The van der Waals surface area contributed by atoms with E-state index < -0.39 is 0 Å². The molecule has 0 amide bonds. The predicted octanol–water partition coefficient (Wildman–Crippen LogP) is 3.28. The summed E-state index contributed by atoms with van der Waals surface area (Å²) in [5.41, 5.74) is 2.52. The van der Waals surface area contributed by atoms with Gasteiger partial charge in [-0.1, -0.05) is 31.5 Å². The Morgan fingerprint density at radius 3 is 2.50 bits per heavy atom. The van der Waals surface area contributed by atoms with E-state index in [1.54, 1.807) is 7.11 Å². The fraction of sp³-hybridized carbons (Fsp3) is 0.571. The molecule has 0 aliphatic heterocycles. The highest BCUT2D eigenvalue weighted by Crippen LogP contribution is 2.19. The van der Waals surface area contributed by atoms with Gasteiger partial charge in [0.2, 0.25) is 0 Å². The first-order valence-corrected chi connectivity index (χ1v) is 6.08. The normalized spacial score (nSPS) is 10.8. The quantitative estimate of drug-likeness (QED) is 0.796. The number of benzene rings is 1. The molecule has 0 aliphatic rings. The zero-order valence-electron chi connectivity index (χ0n) is 10.8. The molecule has 2 heteroatoms. The Balaban J connectivity index is 2.68. The number of rotatable bonds is 6. The van der Waals surface area contributed by atoms with Crippen molar-refractivity contribution >= 4 is 0 Å². The molecule has 0 spiro atoms. The molecule has 1 rings (SSSR count). The van der Waals surface area contributed by atoms with Gasteiger partial charge < -0.3 is 10.1 Å². The minimum Gasteiger partial charge on any atom is -0.496 e. The number of ether oxygens (including phenoxy) is 1. The van der Waals surface area contributed by atoms with Crippen LogP contribution in [-0.4, -0.2) is 13.2 Å². The first kappa shape index (κ1) is 13.0. The van der Waals surface area contributed by atoms with E-state index >= 15 is 0 Å². The lowest BCUT2D eigenvalue weighted by atomic mass is 10.1. The molecule has 1 aromatic carbocycles. The number of aryl methyl sites for hydroxylation is 1. The minimum atomic E-state index is 0.602. The minimum absolute atomic E-state index is 0.602. The maximum absolute atomic E-state index is 5.36. The van der Waals surface area contributed by atoms with E-state index in [2.05, 4.69) is 38.2 Å². The van der Waals surface area contributed by atoms with Crippen LogP contribution in [0.2, 0.25) is 0 Å². The van der Waals surface area contributed by atoms with Crippen molar-refractivity contribution in [2.45, 2.75) is 46.2 Å². The lowest BCUT2D eigenvalue weighted by Crippen LogP contribution is -2.27. The molecule has 2 nitrogen and oxygen atoms in total. The number of methoxy groups -OCH3 is 1. The molecule has 0 unspecified atom stereocenters. The highest BCUT2D eigenvalue weighted by molar-refractivity contribution is 5.36. The maximum Gasteiger partial charge on any atom is 0.123 e. The Morgan fingerprint density at radius 1 is 1.25 bits per heavy atom. The van der Waals surface area contributed by atoms with Gasteiger partial charge in [0, 0.05) is 18.2 Å². The summed E-state index contributed by atoms with van der Waals surface area (Å²) in [5, 5.41) is 3.56. The number of hydrogen-bond acceptors (Lipinski definition) is 2. The fourth-order valence-corrected chi connectivity index (χ4v) is 1.88. The Labute approximate surface area is 99.0 Å². The van der Waals surface area contributed by atoms with Gasteiger partial charge in [-0.3, -0.25) is 0 Å². The van der Waals surface area contributed by atoms with E-state index in [0.717, 1.165) is 12.3 Å². The second-order valence-corrected chi connectivity index (χ2v) is 4.21. The van der Waals surface area contributed by atoms with Crippen LogP contribution in [0.3, 0.4) is 0 Å². The van der Waals surface area contributed by atoms with Gasteiger partial charge in [-0.05, 0) is 25.8 Å². The third kappa shape index (κ3) is 3.53. The van der Waals surface area contributed by atoms with E-state index in [1.165, 1.54) is 24.0 Å². The number of nitrogens with one attached hydrogen (secondary N) is 1. The first-order valence-electron chi connectivity index (χ1n) is 6.08. The molecule has 0 radical (unpaired) electrons.